The average molecular weight is 297 g/mol. The molecule has 0 saturated carbocycles. The van der Waals surface area contributed by atoms with E-state index in [1.165, 1.54) is 11.8 Å². The minimum atomic E-state index is -0.373. The van der Waals surface area contributed by atoms with Gasteiger partial charge in [-0.25, -0.2) is 4.90 Å². The summed E-state index contributed by atoms with van der Waals surface area (Å²) in [6.45, 7) is 1.40. The van der Waals surface area contributed by atoms with E-state index in [1.54, 1.807) is 6.07 Å². The van der Waals surface area contributed by atoms with Crippen molar-refractivity contribution in [3.8, 4) is 0 Å². The smallest absolute Gasteiger partial charge is 0.255 e. The van der Waals surface area contributed by atoms with Gasteiger partial charge in [0.05, 0.1) is 5.69 Å². The summed E-state index contributed by atoms with van der Waals surface area (Å²) >= 11 is 3.36. The van der Waals surface area contributed by atoms with Gasteiger partial charge in [0.2, 0.25) is 5.91 Å². The zero-order chi connectivity index (χ0) is 12.7. The summed E-state index contributed by atoms with van der Waals surface area (Å²) in [5, 5.41) is 0. The number of halogens is 1. The topological polar surface area (TPSA) is 40.6 Å². The van der Waals surface area contributed by atoms with Crippen molar-refractivity contribution in [1.82, 2.24) is 4.90 Å². The molecular weight excluding hydrogens is 284 g/mol. The van der Waals surface area contributed by atoms with Gasteiger partial charge in [-0.15, -0.1) is 0 Å². The van der Waals surface area contributed by atoms with Crippen molar-refractivity contribution in [2.24, 2.45) is 0 Å². The van der Waals surface area contributed by atoms with Crippen molar-refractivity contribution >= 4 is 33.4 Å². The van der Waals surface area contributed by atoms with Crippen LogP contribution in [-0.2, 0) is 9.59 Å². The number of hydrogen-bond donors (Lipinski definition) is 0. The van der Waals surface area contributed by atoms with Gasteiger partial charge < -0.3 is 0 Å². The van der Waals surface area contributed by atoms with E-state index in [2.05, 4.69) is 15.9 Å². The zero-order valence-electron chi connectivity index (χ0n) is 9.90. The van der Waals surface area contributed by atoms with E-state index in [4.69, 9.17) is 0 Å². The van der Waals surface area contributed by atoms with E-state index < -0.39 is 0 Å². The highest BCUT2D eigenvalue weighted by Crippen LogP contribution is 2.39. The van der Waals surface area contributed by atoms with Crippen molar-refractivity contribution in [1.29, 1.82) is 0 Å². The Morgan fingerprint density at radius 1 is 1.41 bits per heavy atom. The van der Waals surface area contributed by atoms with Crippen molar-refractivity contribution in [3.63, 3.8) is 0 Å². The summed E-state index contributed by atoms with van der Waals surface area (Å²) in [5.41, 5.74) is 1.55. The molecule has 4 nitrogen and oxygen atoms in total. The Balaban J connectivity index is 2.61. The summed E-state index contributed by atoms with van der Waals surface area (Å²) in [5.74, 6) is -0.436. The van der Waals surface area contributed by atoms with Crippen LogP contribution in [0.15, 0.2) is 22.7 Å². The Kier molecular flexibility index (Phi) is 3.05. The summed E-state index contributed by atoms with van der Waals surface area (Å²) in [7, 11) is 3.66. The predicted molar refractivity (Wildman–Crippen MR) is 68.7 cm³/mol. The maximum atomic E-state index is 12.2. The molecule has 0 radical (unpaired) electrons. The van der Waals surface area contributed by atoms with Crippen LogP contribution >= 0.6 is 15.9 Å². The fourth-order valence-corrected chi connectivity index (χ4v) is 2.49. The van der Waals surface area contributed by atoms with Gasteiger partial charge in [0, 0.05) is 17.0 Å². The molecule has 0 spiro atoms. The molecule has 1 unspecified atom stereocenters. The molecule has 0 aliphatic carbocycles. The van der Waals surface area contributed by atoms with Gasteiger partial charge in [-0.05, 0) is 26.2 Å². The molecule has 2 rings (SSSR count). The van der Waals surface area contributed by atoms with Gasteiger partial charge in [-0.3, -0.25) is 14.5 Å². The fourth-order valence-electron chi connectivity index (χ4n) is 2.14. The second-order valence-electron chi connectivity index (χ2n) is 4.26. The van der Waals surface area contributed by atoms with Crippen molar-refractivity contribution in [2.75, 3.05) is 19.0 Å². The monoisotopic (exact) mass is 296 g/mol. The largest absolute Gasteiger partial charge is 0.294 e. The quantitative estimate of drug-likeness (QED) is 0.795. The number of hydrogen-bond acceptors (Lipinski definition) is 3. The van der Waals surface area contributed by atoms with Gasteiger partial charge in [-0.1, -0.05) is 22.0 Å². The fraction of sp³-hybridized carbons (Fsp3) is 0.333. The van der Waals surface area contributed by atoms with Gasteiger partial charge in [0.15, 0.2) is 0 Å². The maximum absolute atomic E-state index is 12.2. The Morgan fingerprint density at radius 2 is 2.06 bits per heavy atom. The number of carbonyl (C=O) groups excluding carboxylic acids is 2. The predicted octanol–water partition coefficient (Wildman–Crippen LogP) is 1.94. The van der Waals surface area contributed by atoms with Crippen LogP contribution in [-0.4, -0.2) is 30.8 Å². The zero-order valence-corrected chi connectivity index (χ0v) is 11.5. The number of fused-ring (bicyclic) bond motifs is 1. The lowest BCUT2D eigenvalue weighted by atomic mass is 10.1. The third-order valence-electron chi connectivity index (χ3n) is 2.81. The van der Waals surface area contributed by atoms with Crippen LogP contribution in [0.4, 0.5) is 5.69 Å². The van der Waals surface area contributed by atoms with Gasteiger partial charge in [0.25, 0.3) is 5.91 Å². The number of imide groups is 1. The van der Waals surface area contributed by atoms with E-state index in [0.717, 1.165) is 10.0 Å². The number of rotatable bonds is 1. The van der Waals surface area contributed by atoms with E-state index in [-0.39, 0.29) is 17.9 Å². The van der Waals surface area contributed by atoms with Gasteiger partial charge in [-0.2, -0.15) is 0 Å². The lowest BCUT2D eigenvalue weighted by Gasteiger charge is -2.18. The first-order valence-corrected chi connectivity index (χ1v) is 6.03. The number of anilines is 1. The first-order chi connectivity index (χ1) is 7.93. The van der Waals surface area contributed by atoms with Crippen LogP contribution in [0.5, 0.6) is 0 Å². The molecule has 5 heteroatoms. The van der Waals surface area contributed by atoms with Crippen molar-refractivity contribution < 1.29 is 9.59 Å². The highest BCUT2D eigenvalue weighted by atomic mass is 79.9. The molecule has 0 bridgehead atoms. The lowest BCUT2D eigenvalue weighted by Crippen LogP contribution is -2.37. The maximum Gasteiger partial charge on any atom is 0.255 e. The Hall–Kier alpha value is -1.20. The summed E-state index contributed by atoms with van der Waals surface area (Å²) in [6, 6.07) is 5.19. The third-order valence-corrected chi connectivity index (χ3v) is 3.31. The first kappa shape index (κ1) is 12.3. The molecule has 0 saturated heterocycles. The molecule has 1 aromatic rings. The van der Waals surface area contributed by atoms with E-state index in [0.29, 0.717) is 5.69 Å². The molecule has 0 aromatic heterocycles. The van der Waals surface area contributed by atoms with Crippen molar-refractivity contribution in [3.05, 3.63) is 28.2 Å². The molecule has 1 heterocycles. The Labute approximate surface area is 108 Å². The van der Waals surface area contributed by atoms with Gasteiger partial charge >= 0.3 is 0 Å². The Bertz CT molecular complexity index is 499. The number of amides is 2. The summed E-state index contributed by atoms with van der Waals surface area (Å²) in [6.07, 6.45) is 0. The van der Waals surface area contributed by atoms with Crippen LogP contribution < -0.4 is 4.90 Å². The molecule has 1 aromatic carbocycles. The molecule has 17 heavy (non-hydrogen) atoms. The van der Waals surface area contributed by atoms with E-state index in [1.807, 2.05) is 31.1 Å². The second-order valence-corrected chi connectivity index (χ2v) is 5.18. The highest BCUT2D eigenvalue weighted by Gasteiger charge is 2.40. The van der Waals surface area contributed by atoms with Crippen LogP contribution in [0.2, 0.25) is 0 Å². The first-order valence-electron chi connectivity index (χ1n) is 5.24. The van der Waals surface area contributed by atoms with Crippen molar-refractivity contribution in [2.45, 2.75) is 13.0 Å². The minimum absolute atomic E-state index is 0.185. The number of benzene rings is 1. The number of likely N-dealkylation sites (N-methyl/N-ethyl adjacent to an activating group) is 1. The molecular formula is C12H13BrN2O2. The lowest BCUT2D eigenvalue weighted by molar-refractivity contribution is -0.127. The third kappa shape index (κ3) is 1.89. The molecule has 0 fully saturated rings. The summed E-state index contributed by atoms with van der Waals surface area (Å²) in [4.78, 5) is 26.8. The van der Waals surface area contributed by atoms with Gasteiger partial charge in [0.1, 0.15) is 6.04 Å². The van der Waals surface area contributed by atoms with Crippen LogP contribution in [0.1, 0.15) is 18.5 Å². The summed E-state index contributed by atoms with van der Waals surface area (Å²) < 4.78 is 0.856. The normalized spacial score (nSPS) is 18.8. The molecule has 90 valence electrons. The average Bonchev–Trinajstić information content (AvgIpc) is 2.48. The number of nitrogens with zero attached hydrogens (tertiary/aromatic N) is 2. The van der Waals surface area contributed by atoms with E-state index in [9.17, 15) is 9.59 Å². The minimum Gasteiger partial charge on any atom is -0.294 e. The number of carbonyl (C=O) groups is 2. The van der Waals surface area contributed by atoms with Crippen LogP contribution in [0.3, 0.4) is 0 Å². The molecule has 1 aliphatic heterocycles. The Morgan fingerprint density at radius 3 is 2.59 bits per heavy atom. The second kappa shape index (κ2) is 4.23. The molecule has 2 amide bonds. The molecule has 1 atom stereocenters. The van der Waals surface area contributed by atoms with Crippen LogP contribution in [0.25, 0.3) is 0 Å². The molecule has 1 aliphatic rings. The highest BCUT2D eigenvalue weighted by molar-refractivity contribution is 9.10. The van der Waals surface area contributed by atoms with E-state index >= 15 is 0 Å². The van der Waals surface area contributed by atoms with Crippen LogP contribution in [0, 0.1) is 0 Å². The standard InChI is InChI=1S/C12H13BrN2O2/c1-7(16)15-10-6-8(13)4-5-9(10)11(12(15)17)14(2)3/h4-6,11H,1-3H3. The molecule has 0 N–H and O–H groups in total. The SMILES string of the molecule is CC(=O)N1C(=O)C(N(C)C)c2ccc(Br)cc21.